The van der Waals surface area contributed by atoms with Gasteiger partial charge in [0, 0.05) is 12.8 Å². The van der Waals surface area contributed by atoms with Crippen LogP contribution in [-0.4, -0.2) is 19.3 Å². The lowest BCUT2D eigenvalue weighted by Crippen LogP contribution is -1.97. The maximum atomic E-state index is 5.39. The van der Waals surface area contributed by atoms with Crippen LogP contribution in [0, 0.1) is 0 Å². The van der Waals surface area contributed by atoms with Gasteiger partial charge in [0.25, 0.3) is 0 Å². The van der Waals surface area contributed by atoms with Crippen LogP contribution in [0.3, 0.4) is 0 Å². The monoisotopic (exact) mass is 170 g/mol. The van der Waals surface area contributed by atoms with Gasteiger partial charge in [0.15, 0.2) is 0 Å². The van der Waals surface area contributed by atoms with Gasteiger partial charge in [-0.1, -0.05) is 19.3 Å². The average Bonchev–Trinajstić information content (AvgIpc) is 2.10. The third-order valence-corrected chi connectivity index (χ3v) is 2.12. The van der Waals surface area contributed by atoms with Crippen molar-refractivity contribution < 1.29 is 0 Å². The predicted octanol–water partition coefficient (Wildman–Crippen LogP) is 2.38. The lowest BCUT2D eigenvalue weighted by atomic mass is 10.1. The highest BCUT2D eigenvalue weighted by Gasteiger charge is 1.91. The number of nitrogens with two attached hydrogens (primary N) is 1. The fourth-order valence-electron chi connectivity index (χ4n) is 1.17. The minimum atomic E-state index is 0.843. The molecule has 0 amide bonds. The van der Waals surface area contributed by atoms with Crippen molar-refractivity contribution in [1.29, 1.82) is 0 Å². The van der Waals surface area contributed by atoms with Crippen LogP contribution in [0.1, 0.15) is 45.4 Å². The highest BCUT2D eigenvalue weighted by atomic mass is 14.7. The third kappa shape index (κ3) is 7.73. The Morgan fingerprint density at radius 1 is 1.08 bits per heavy atom. The highest BCUT2D eigenvalue weighted by Crippen LogP contribution is 2.05. The normalized spacial score (nSPS) is 12.1. The molecule has 0 radical (unpaired) electrons. The Morgan fingerprint density at radius 3 is 2.25 bits per heavy atom. The minimum Gasteiger partial charge on any atom is -0.330 e. The van der Waals surface area contributed by atoms with E-state index in [1.165, 1.54) is 44.2 Å². The van der Waals surface area contributed by atoms with Gasteiger partial charge in [0.1, 0.15) is 0 Å². The second kappa shape index (κ2) is 8.72. The first-order chi connectivity index (χ1) is 5.81. The molecule has 0 unspecified atom stereocenters. The summed E-state index contributed by atoms with van der Waals surface area (Å²) in [5.41, 5.74) is 6.67. The van der Waals surface area contributed by atoms with Crippen LogP contribution in [0.2, 0.25) is 0 Å². The zero-order chi connectivity index (χ0) is 9.23. The fourth-order valence-corrected chi connectivity index (χ4v) is 1.17. The summed E-state index contributed by atoms with van der Waals surface area (Å²) in [5.74, 6) is 0. The Morgan fingerprint density at radius 2 is 1.67 bits per heavy atom. The molecule has 0 aliphatic carbocycles. The third-order valence-electron chi connectivity index (χ3n) is 2.12. The molecule has 0 aromatic carbocycles. The Labute approximate surface area is 76.3 Å². The molecule has 0 rings (SSSR count). The van der Waals surface area contributed by atoms with E-state index >= 15 is 0 Å². The van der Waals surface area contributed by atoms with Gasteiger partial charge < -0.3 is 5.73 Å². The molecule has 0 aliphatic rings. The molecule has 0 spiro atoms. The van der Waals surface area contributed by atoms with E-state index in [-0.39, 0.29) is 0 Å². The number of hydrogen-bond donors (Lipinski definition) is 1. The molecule has 12 heavy (non-hydrogen) atoms. The molecule has 0 saturated carbocycles. The maximum absolute atomic E-state index is 5.39. The Kier molecular flexibility index (Phi) is 8.46. The van der Waals surface area contributed by atoms with Crippen molar-refractivity contribution >= 4 is 5.71 Å². The number of rotatable bonds is 7. The molecule has 2 N–H and O–H groups in total. The van der Waals surface area contributed by atoms with Crippen molar-refractivity contribution in [2.45, 2.75) is 45.4 Å². The Balaban J connectivity index is 3.00. The summed E-state index contributed by atoms with van der Waals surface area (Å²) in [7, 11) is 1.86. The van der Waals surface area contributed by atoms with Crippen molar-refractivity contribution in [3.8, 4) is 0 Å². The van der Waals surface area contributed by atoms with Crippen molar-refractivity contribution in [3.05, 3.63) is 0 Å². The summed E-state index contributed by atoms with van der Waals surface area (Å²) in [4.78, 5) is 4.12. The molecule has 0 aromatic rings. The molecule has 2 heteroatoms. The Hall–Kier alpha value is -0.370. The van der Waals surface area contributed by atoms with Gasteiger partial charge in [-0.2, -0.15) is 0 Å². The zero-order valence-electron chi connectivity index (χ0n) is 8.47. The number of unbranched alkanes of at least 4 members (excludes halogenated alkanes) is 4. The minimum absolute atomic E-state index is 0.843. The standard InChI is InChI=1S/C10H22N2/c1-10(12-2)8-6-4-3-5-7-9-11/h3-9,11H2,1-2H3/b12-10+. The van der Waals surface area contributed by atoms with Crippen molar-refractivity contribution in [2.24, 2.45) is 10.7 Å². The SMILES string of the molecule is C/N=C(\C)CCCCCCCN. The van der Waals surface area contributed by atoms with E-state index in [1.807, 2.05) is 7.05 Å². The van der Waals surface area contributed by atoms with Crippen LogP contribution in [0.15, 0.2) is 4.99 Å². The van der Waals surface area contributed by atoms with E-state index in [1.54, 1.807) is 0 Å². The van der Waals surface area contributed by atoms with E-state index in [9.17, 15) is 0 Å². The van der Waals surface area contributed by atoms with Gasteiger partial charge in [-0.25, -0.2) is 0 Å². The quantitative estimate of drug-likeness (QED) is 0.462. The molecular formula is C10H22N2. The van der Waals surface area contributed by atoms with Gasteiger partial charge in [-0.15, -0.1) is 0 Å². The van der Waals surface area contributed by atoms with E-state index in [2.05, 4.69) is 11.9 Å². The molecule has 0 bridgehead atoms. The first-order valence-corrected chi connectivity index (χ1v) is 4.93. The van der Waals surface area contributed by atoms with Gasteiger partial charge in [0.05, 0.1) is 0 Å². The van der Waals surface area contributed by atoms with Crippen LogP contribution in [-0.2, 0) is 0 Å². The second-order valence-electron chi connectivity index (χ2n) is 3.27. The summed E-state index contributed by atoms with van der Waals surface area (Å²) in [5, 5.41) is 0. The molecular weight excluding hydrogens is 148 g/mol. The summed E-state index contributed by atoms with van der Waals surface area (Å²) >= 11 is 0. The van der Waals surface area contributed by atoms with Gasteiger partial charge in [0.2, 0.25) is 0 Å². The van der Waals surface area contributed by atoms with Crippen LogP contribution >= 0.6 is 0 Å². The number of hydrogen-bond acceptors (Lipinski definition) is 2. The molecule has 0 saturated heterocycles. The molecule has 0 heterocycles. The van der Waals surface area contributed by atoms with Gasteiger partial charge >= 0.3 is 0 Å². The van der Waals surface area contributed by atoms with Crippen LogP contribution in [0.5, 0.6) is 0 Å². The lowest BCUT2D eigenvalue weighted by Gasteiger charge is -1.99. The van der Waals surface area contributed by atoms with E-state index in [0.717, 1.165) is 6.54 Å². The van der Waals surface area contributed by atoms with E-state index < -0.39 is 0 Å². The zero-order valence-corrected chi connectivity index (χ0v) is 8.47. The van der Waals surface area contributed by atoms with Crippen molar-refractivity contribution in [1.82, 2.24) is 0 Å². The molecule has 2 nitrogen and oxygen atoms in total. The first kappa shape index (κ1) is 11.6. The summed E-state index contributed by atoms with van der Waals surface area (Å²) in [6, 6.07) is 0. The Bertz CT molecular complexity index is 119. The van der Waals surface area contributed by atoms with Crippen molar-refractivity contribution in [3.63, 3.8) is 0 Å². The summed E-state index contributed by atoms with van der Waals surface area (Å²) in [6.45, 7) is 2.94. The van der Waals surface area contributed by atoms with Crippen LogP contribution < -0.4 is 5.73 Å². The first-order valence-electron chi connectivity index (χ1n) is 4.93. The smallest absolute Gasteiger partial charge is 0.0276 e. The fraction of sp³-hybridized carbons (Fsp3) is 0.900. The molecule has 72 valence electrons. The molecule has 0 aromatic heterocycles. The highest BCUT2D eigenvalue weighted by molar-refractivity contribution is 5.81. The molecule has 0 aliphatic heterocycles. The summed E-state index contributed by atoms with van der Waals surface area (Å²) in [6.07, 6.45) is 7.58. The van der Waals surface area contributed by atoms with Gasteiger partial charge in [-0.3, -0.25) is 4.99 Å². The van der Waals surface area contributed by atoms with E-state index in [0.29, 0.717) is 0 Å². The average molecular weight is 170 g/mol. The predicted molar refractivity (Wildman–Crippen MR) is 55.8 cm³/mol. The number of aliphatic imine (C=N–C) groups is 1. The van der Waals surface area contributed by atoms with E-state index in [4.69, 9.17) is 5.73 Å². The van der Waals surface area contributed by atoms with Gasteiger partial charge in [-0.05, 0) is 32.7 Å². The topological polar surface area (TPSA) is 38.4 Å². The summed E-state index contributed by atoms with van der Waals surface area (Å²) < 4.78 is 0. The van der Waals surface area contributed by atoms with Crippen molar-refractivity contribution in [2.75, 3.05) is 13.6 Å². The molecule has 0 atom stereocenters. The maximum Gasteiger partial charge on any atom is 0.0276 e. The number of nitrogens with zero attached hydrogens (tertiary/aromatic N) is 1. The van der Waals surface area contributed by atoms with Crippen LogP contribution in [0.4, 0.5) is 0 Å². The lowest BCUT2D eigenvalue weighted by molar-refractivity contribution is 0.627. The van der Waals surface area contributed by atoms with Crippen LogP contribution in [0.25, 0.3) is 0 Å². The molecule has 0 fully saturated rings. The largest absolute Gasteiger partial charge is 0.330 e. The second-order valence-corrected chi connectivity index (χ2v) is 3.27.